The average Bonchev–Trinajstić information content (AvgIpc) is 3.59. The van der Waals surface area contributed by atoms with E-state index in [1.54, 1.807) is 0 Å². The van der Waals surface area contributed by atoms with E-state index in [-0.39, 0.29) is 5.41 Å². The lowest BCUT2D eigenvalue weighted by Gasteiger charge is -2.21. The molecule has 0 amide bonds. The summed E-state index contributed by atoms with van der Waals surface area (Å²) in [5, 5.41) is 2.25. The summed E-state index contributed by atoms with van der Waals surface area (Å²) in [6, 6.07) is 58.0. The Bertz CT molecular complexity index is 2810. The SMILES string of the molecule is CC1(C)c2ccccc2-c2c(-c3cccc(C4=NC(c5ccc(-c6cccc7c6oc6ccccc67)cc5)=NC(c5ccccc5)=CC4)c3)cccc21. The summed E-state index contributed by atoms with van der Waals surface area (Å²) in [6.45, 7) is 4.67. The van der Waals surface area contributed by atoms with Gasteiger partial charge in [-0.1, -0.05) is 172 Å². The van der Waals surface area contributed by atoms with E-state index in [2.05, 4.69) is 166 Å². The summed E-state index contributed by atoms with van der Waals surface area (Å²) in [5.41, 5.74) is 16.8. The third-order valence-electron chi connectivity index (χ3n) is 11.0. The first-order valence-corrected chi connectivity index (χ1v) is 18.3. The van der Waals surface area contributed by atoms with Crippen LogP contribution in [0.2, 0.25) is 0 Å². The van der Waals surface area contributed by atoms with Crippen LogP contribution in [-0.4, -0.2) is 11.5 Å². The highest BCUT2D eigenvalue weighted by Crippen LogP contribution is 2.52. The molecule has 1 aliphatic heterocycles. The van der Waals surface area contributed by atoms with Crippen molar-refractivity contribution in [1.29, 1.82) is 0 Å². The molecule has 10 rings (SSSR count). The number of furan rings is 1. The summed E-state index contributed by atoms with van der Waals surface area (Å²) in [5.74, 6) is 0.697. The zero-order valence-electron chi connectivity index (χ0n) is 29.7. The number of aliphatic imine (C=N–C) groups is 2. The standard InChI is InChI=1S/C50H36N2O/c1-50(2)42-22-8-6-18-41(42)47-37(19-12-23-43(47)50)35-15-10-16-36(31-35)45-30-29-44(33-13-4-3-5-14-33)51-49(52-45)34-27-25-32(26-28-34)38-20-11-21-40-39-17-7-9-24-46(39)53-48(38)40/h3-29,31H,30H2,1-2H3. The largest absolute Gasteiger partial charge is 0.455 e. The monoisotopic (exact) mass is 680 g/mol. The summed E-state index contributed by atoms with van der Waals surface area (Å²) < 4.78 is 6.37. The van der Waals surface area contributed by atoms with Crippen molar-refractivity contribution >= 4 is 39.2 Å². The van der Waals surface area contributed by atoms with E-state index < -0.39 is 0 Å². The number of nitrogens with zero attached hydrogens (tertiary/aromatic N) is 2. The Hall–Kier alpha value is -6.58. The molecule has 0 radical (unpaired) electrons. The van der Waals surface area contributed by atoms with Crippen molar-refractivity contribution in [3.8, 4) is 33.4 Å². The van der Waals surface area contributed by atoms with Crippen molar-refractivity contribution in [2.45, 2.75) is 25.7 Å². The molecule has 0 saturated carbocycles. The molecular weight excluding hydrogens is 645 g/mol. The van der Waals surface area contributed by atoms with Gasteiger partial charge in [0.2, 0.25) is 0 Å². The van der Waals surface area contributed by atoms with Gasteiger partial charge in [0, 0.05) is 33.7 Å². The van der Waals surface area contributed by atoms with E-state index in [1.807, 2.05) is 18.2 Å². The first kappa shape index (κ1) is 31.2. The van der Waals surface area contributed by atoms with Gasteiger partial charge in [0.25, 0.3) is 0 Å². The molecule has 252 valence electrons. The molecule has 1 aromatic heterocycles. The normalized spacial score (nSPS) is 14.6. The molecule has 0 saturated heterocycles. The molecule has 7 aromatic carbocycles. The van der Waals surface area contributed by atoms with E-state index in [0.717, 1.165) is 61.2 Å². The molecule has 8 aromatic rings. The van der Waals surface area contributed by atoms with E-state index in [9.17, 15) is 0 Å². The first-order valence-electron chi connectivity index (χ1n) is 18.3. The maximum absolute atomic E-state index is 6.37. The molecule has 53 heavy (non-hydrogen) atoms. The number of hydrogen-bond acceptors (Lipinski definition) is 3. The zero-order chi connectivity index (χ0) is 35.5. The van der Waals surface area contributed by atoms with Gasteiger partial charge in [-0.3, -0.25) is 0 Å². The predicted molar refractivity (Wildman–Crippen MR) is 221 cm³/mol. The van der Waals surface area contributed by atoms with Gasteiger partial charge < -0.3 is 4.42 Å². The quantitative estimate of drug-likeness (QED) is 0.178. The van der Waals surface area contributed by atoms with E-state index in [0.29, 0.717) is 12.3 Å². The Morgan fingerprint density at radius 3 is 2.02 bits per heavy atom. The van der Waals surface area contributed by atoms with Gasteiger partial charge in [0.15, 0.2) is 5.84 Å². The van der Waals surface area contributed by atoms with Crippen molar-refractivity contribution in [2.24, 2.45) is 9.98 Å². The van der Waals surface area contributed by atoms with Crippen LogP contribution in [-0.2, 0) is 5.41 Å². The lowest BCUT2D eigenvalue weighted by molar-refractivity contribution is 0.660. The van der Waals surface area contributed by atoms with Crippen LogP contribution in [0.3, 0.4) is 0 Å². The van der Waals surface area contributed by atoms with Crippen LogP contribution in [0.1, 0.15) is 48.1 Å². The molecule has 0 bridgehead atoms. The van der Waals surface area contributed by atoms with Gasteiger partial charge in [0.1, 0.15) is 11.2 Å². The zero-order valence-corrected chi connectivity index (χ0v) is 29.7. The van der Waals surface area contributed by atoms with Crippen LogP contribution in [0.4, 0.5) is 0 Å². The second-order valence-corrected chi connectivity index (χ2v) is 14.5. The molecule has 1 aliphatic carbocycles. The van der Waals surface area contributed by atoms with Crippen molar-refractivity contribution in [2.75, 3.05) is 0 Å². The Morgan fingerprint density at radius 1 is 0.491 bits per heavy atom. The third kappa shape index (κ3) is 5.19. The van der Waals surface area contributed by atoms with Crippen molar-refractivity contribution in [3.63, 3.8) is 0 Å². The summed E-state index contributed by atoms with van der Waals surface area (Å²) in [6.07, 6.45) is 2.87. The van der Waals surface area contributed by atoms with Gasteiger partial charge >= 0.3 is 0 Å². The fourth-order valence-electron chi connectivity index (χ4n) is 8.29. The summed E-state index contributed by atoms with van der Waals surface area (Å²) in [7, 11) is 0. The number of fused-ring (bicyclic) bond motifs is 6. The fraction of sp³-hybridized carbons (Fsp3) is 0.0800. The Labute approximate surface area is 309 Å². The smallest absolute Gasteiger partial charge is 0.160 e. The molecule has 3 nitrogen and oxygen atoms in total. The maximum atomic E-state index is 6.37. The Balaban J connectivity index is 1.06. The minimum atomic E-state index is -0.0525. The minimum Gasteiger partial charge on any atom is -0.455 e. The van der Waals surface area contributed by atoms with E-state index >= 15 is 0 Å². The predicted octanol–water partition coefficient (Wildman–Crippen LogP) is 12.9. The highest BCUT2D eigenvalue weighted by Gasteiger charge is 2.36. The second kappa shape index (κ2) is 12.3. The lowest BCUT2D eigenvalue weighted by Crippen LogP contribution is -2.14. The minimum absolute atomic E-state index is 0.0525. The maximum Gasteiger partial charge on any atom is 0.160 e. The van der Waals surface area contributed by atoms with Gasteiger partial charge in [-0.25, -0.2) is 9.98 Å². The van der Waals surface area contributed by atoms with Crippen LogP contribution < -0.4 is 0 Å². The molecule has 0 unspecified atom stereocenters. The van der Waals surface area contributed by atoms with Gasteiger partial charge in [0.05, 0.1) is 11.4 Å². The number of hydrogen-bond donors (Lipinski definition) is 0. The molecule has 0 N–H and O–H groups in total. The van der Waals surface area contributed by atoms with Crippen LogP contribution in [0.5, 0.6) is 0 Å². The average molecular weight is 681 g/mol. The van der Waals surface area contributed by atoms with Gasteiger partial charge in [-0.05, 0) is 62.2 Å². The van der Waals surface area contributed by atoms with Crippen molar-refractivity contribution in [1.82, 2.24) is 0 Å². The molecule has 3 heteroatoms. The van der Waals surface area contributed by atoms with E-state index in [1.165, 1.54) is 33.4 Å². The molecule has 0 spiro atoms. The third-order valence-corrected chi connectivity index (χ3v) is 11.0. The number of para-hydroxylation sites is 2. The van der Waals surface area contributed by atoms with Crippen LogP contribution in [0, 0.1) is 0 Å². The topological polar surface area (TPSA) is 37.9 Å². The molecular formula is C50H36N2O. The highest BCUT2D eigenvalue weighted by atomic mass is 16.3. The van der Waals surface area contributed by atoms with Crippen LogP contribution in [0.25, 0.3) is 61.0 Å². The number of allylic oxidation sites excluding steroid dienone is 1. The second-order valence-electron chi connectivity index (χ2n) is 14.5. The number of amidine groups is 1. The summed E-state index contributed by atoms with van der Waals surface area (Å²) >= 11 is 0. The highest BCUT2D eigenvalue weighted by molar-refractivity contribution is 6.16. The molecule has 0 fully saturated rings. The van der Waals surface area contributed by atoms with Crippen LogP contribution in [0.15, 0.2) is 184 Å². The van der Waals surface area contributed by atoms with Crippen molar-refractivity contribution in [3.05, 3.63) is 198 Å². The van der Waals surface area contributed by atoms with Crippen molar-refractivity contribution < 1.29 is 4.42 Å². The van der Waals surface area contributed by atoms with E-state index in [4.69, 9.17) is 14.4 Å². The molecule has 2 aliphatic rings. The van der Waals surface area contributed by atoms with Crippen LogP contribution >= 0.6 is 0 Å². The lowest BCUT2D eigenvalue weighted by atomic mass is 9.82. The molecule has 0 atom stereocenters. The summed E-state index contributed by atoms with van der Waals surface area (Å²) in [4.78, 5) is 10.5. The Morgan fingerprint density at radius 2 is 1.13 bits per heavy atom. The van der Waals surface area contributed by atoms with Gasteiger partial charge in [-0.15, -0.1) is 0 Å². The fourth-order valence-corrected chi connectivity index (χ4v) is 8.29. The molecule has 2 heterocycles. The van der Waals surface area contributed by atoms with Gasteiger partial charge in [-0.2, -0.15) is 0 Å². The number of rotatable bonds is 5. The first-order chi connectivity index (χ1) is 26.0. The Kier molecular flexibility index (Phi) is 7.23. The number of benzene rings is 7.